The van der Waals surface area contributed by atoms with Gasteiger partial charge in [0.1, 0.15) is 37.4 Å². The predicted molar refractivity (Wildman–Crippen MR) is 96.3 cm³/mol. The summed E-state index contributed by atoms with van der Waals surface area (Å²) in [5.74, 6) is 0.968. The highest BCUT2D eigenvalue weighted by Crippen LogP contribution is 2.22. The molecule has 0 amide bonds. The van der Waals surface area contributed by atoms with Gasteiger partial charge in [0.2, 0.25) is 0 Å². The van der Waals surface area contributed by atoms with Crippen molar-refractivity contribution in [3.63, 3.8) is 0 Å². The fourth-order valence-electron chi connectivity index (χ4n) is 2.86. The summed E-state index contributed by atoms with van der Waals surface area (Å²) in [6, 6.07) is 12.2. The Morgan fingerprint density at radius 3 is 2.57 bits per heavy atom. The van der Waals surface area contributed by atoms with Crippen molar-refractivity contribution in [1.82, 2.24) is 0 Å². The monoisotopic (exact) mass is 349 g/mol. The van der Waals surface area contributed by atoms with Crippen molar-refractivity contribution < 1.29 is 9.88 Å². The first-order valence-electron chi connectivity index (χ1n) is 7.89. The molecule has 1 aliphatic rings. The number of hydrogen-bond donors (Lipinski definition) is 1. The smallest absolute Gasteiger partial charge is 0.293 e. The molecule has 23 heavy (non-hydrogen) atoms. The van der Waals surface area contributed by atoms with Crippen LogP contribution in [0.1, 0.15) is 5.56 Å². The lowest BCUT2D eigenvalue weighted by molar-refractivity contribution is -0.894. The van der Waals surface area contributed by atoms with Crippen LogP contribution in [0.4, 0.5) is 5.82 Å². The normalized spacial score (nSPS) is 16.2. The van der Waals surface area contributed by atoms with Gasteiger partial charge in [-0.15, -0.1) is 0 Å². The summed E-state index contributed by atoms with van der Waals surface area (Å²) in [5.41, 5.74) is 1.26. The van der Waals surface area contributed by atoms with Crippen LogP contribution in [0, 0.1) is 0 Å². The van der Waals surface area contributed by atoms with Crippen LogP contribution >= 0.6 is 23.2 Å². The average molecular weight is 350 g/mol. The number of pyridine rings is 1. The molecular weight excluding hydrogens is 329 g/mol. The zero-order valence-corrected chi connectivity index (χ0v) is 14.4. The molecule has 0 bridgehead atoms. The maximum absolute atomic E-state index is 6.28. The van der Waals surface area contributed by atoms with Gasteiger partial charge in [0.05, 0.1) is 11.6 Å². The van der Waals surface area contributed by atoms with Gasteiger partial charge in [-0.3, -0.25) is 0 Å². The van der Waals surface area contributed by atoms with Crippen LogP contribution in [0.5, 0.6) is 0 Å². The molecule has 0 radical (unpaired) electrons. The highest BCUT2D eigenvalue weighted by atomic mass is 35.5. The Labute approximate surface area is 147 Å². The maximum atomic E-state index is 6.28. The van der Waals surface area contributed by atoms with Gasteiger partial charge < -0.3 is 4.90 Å². The minimum atomic E-state index is 0.633. The third-order valence-corrected chi connectivity index (χ3v) is 4.65. The van der Waals surface area contributed by atoms with Crippen LogP contribution in [-0.2, 0) is 0 Å². The molecule has 5 heteroatoms. The van der Waals surface area contributed by atoms with E-state index in [0.717, 1.165) is 38.5 Å². The molecule has 1 aromatic carbocycles. The topological polar surface area (TPSA) is 21.8 Å². The summed E-state index contributed by atoms with van der Waals surface area (Å²) in [6.45, 7) is 5.25. The van der Waals surface area contributed by atoms with E-state index >= 15 is 0 Å². The Balaban J connectivity index is 1.51. The predicted octanol–water partition coefficient (Wildman–Crippen LogP) is 2.23. The molecule has 0 saturated carbocycles. The SMILES string of the molecule is Clc1c[nH+]c(N2CC[NH+](C/C=C/c3ccccc3)CC2)c(Cl)c1. The van der Waals surface area contributed by atoms with Crippen LogP contribution in [0.2, 0.25) is 10.0 Å². The third kappa shape index (κ3) is 4.47. The van der Waals surface area contributed by atoms with Crippen LogP contribution in [0.25, 0.3) is 6.08 Å². The number of piperazine rings is 1. The number of nitrogens with one attached hydrogen (secondary N) is 2. The molecule has 1 aromatic heterocycles. The number of hydrogen-bond acceptors (Lipinski definition) is 1. The fraction of sp³-hybridized carbons (Fsp3) is 0.278. The van der Waals surface area contributed by atoms with E-state index < -0.39 is 0 Å². The number of H-pyrrole nitrogens is 1. The Hall–Kier alpha value is -1.55. The summed E-state index contributed by atoms with van der Waals surface area (Å²) < 4.78 is 0. The van der Waals surface area contributed by atoms with Crippen molar-refractivity contribution >= 4 is 35.1 Å². The van der Waals surface area contributed by atoms with Gasteiger partial charge in [-0.25, -0.2) is 9.88 Å². The lowest BCUT2D eigenvalue weighted by Crippen LogP contribution is -3.14. The summed E-state index contributed by atoms with van der Waals surface area (Å²) >= 11 is 12.2. The molecule has 2 heterocycles. The number of aromatic amines is 1. The second kappa shape index (κ2) is 7.82. The number of rotatable bonds is 4. The molecule has 1 aliphatic heterocycles. The number of nitrogens with zero attached hydrogens (tertiary/aromatic N) is 1. The summed E-state index contributed by atoms with van der Waals surface area (Å²) in [6.07, 6.45) is 6.25. The van der Waals surface area contributed by atoms with Gasteiger partial charge in [-0.2, -0.15) is 0 Å². The number of halogens is 2. The number of anilines is 1. The maximum Gasteiger partial charge on any atom is 0.293 e. The van der Waals surface area contributed by atoms with Crippen molar-refractivity contribution in [2.24, 2.45) is 0 Å². The van der Waals surface area contributed by atoms with Gasteiger partial charge >= 0.3 is 0 Å². The number of quaternary nitrogens is 1. The van der Waals surface area contributed by atoms with Crippen molar-refractivity contribution in [2.75, 3.05) is 37.6 Å². The Kier molecular flexibility index (Phi) is 5.55. The fourth-order valence-corrected chi connectivity index (χ4v) is 3.37. The number of aromatic nitrogens is 1. The molecule has 0 atom stereocenters. The lowest BCUT2D eigenvalue weighted by Gasteiger charge is -2.27. The van der Waals surface area contributed by atoms with Crippen LogP contribution in [-0.4, -0.2) is 32.7 Å². The van der Waals surface area contributed by atoms with E-state index in [1.54, 1.807) is 17.2 Å². The van der Waals surface area contributed by atoms with Gasteiger partial charge in [-0.05, 0) is 17.7 Å². The molecule has 2 aromatic rings. The van der Waals surface area contributed by atoms with E-state index in [2.05, 4.69) is 46.3 Å². The van der Waals surface area contributed by atoms with Crippen LogP contribution in [0.15, 0.2) is 48.7 Å². The van der Waals surface area contributed by atoms with Crippen molar-refractivity contribution in [2.45, 2.75) is 0 Å². The standard InChI is InChI=1S/C18H19Cl2N3/c19-16-13-17(20)18(21-14-16)23-11-9-22(10-12-23)8-4-7-15-5-2-1-3-6-15/h1-7,13-14H,8-12H2/p+2/b7-4+. The Bertz CT molecular complexity index is 665. The number of benzene rings is 1. The van der Waals surface area contributed by atoms with Gasteiger partial charge in [0.25, 0.3) is 5.82 Å². The van der Waals surface area contributed by atoms with Gasteiger partial charge in [0, 0.05) is 0 Å². The molecule has 1 fully saturated rings. The lowest BCUT2D eigenvalue weighted by atomic mass is 10.2. The average Bonchev–Trinajstić information content (AvgIpc) is 2.57. The molecule has 0 spiro atoms. The zero-order chi connectivity index (χ0) is 16.1. The first-order chi connectivity index (χ1) is 11.2. The molecule has 1 saturated heterocycles. The quantitative estimate of drug-likeness (QED) is 0.898. The summed E-state index contributed by atoms with van der Waals surface area (Å²) in [4.78, 5) is 7.08. The second-order valence-electron chi connectivity index (χ2n) is 5.77. The first-order valence-corrected chi connectivity index (χ1v) is 8.65. The van der Waals surface area contributed by atoms with E-state index in [9.17, 15) is 0 Å². The van der Waals surface area contributed by atoms with Gasteiger partial charge in [0.15, 0.2) is 0 Å². The van der Waals surface area contributed by atoms with E-state index in [1.807, 2.05) is 6.07 Å². The highest BCUT2D eigenvalue weighted by Gasteiger charge is 2.27. The molecular formula is C18H21Cl2N3+2. The summed E-state index contributed by atoms with van der Waals surface area (Å²) in [7, 11) is 0. The van der Waals surface area contributed by atoms with Crippen LogP contribution in [0.3, 0.4) is 0 Å². The van der Waals surface area contributed by atoms with Crippen molar-refractivity contribution in [3.05, 3.63) is 64.3 Å². The van der Waals surface area contributed by atoms with E-state index in [4.69, 9.17) is 23.2 Å². The summed E-state index contributed by atoms with van der Waals surface area (Å²) in [5, 5.41) is 1.32. The largest absolute Gasteiger partial charge is 0.325 e. The molecule has 120 valence electrons. The van der Waals surface area contributed by atoms with E-state index in [0.29, 0.717) is 10.0 Å². The minimum Gasteiger partial charge on any atom is -0.325 e. The Morgan fingerprint density at radius 2 is 1.87 bits per heavy atom. The van der Waals surface area contributed by atoms with Crippen molar-refractivity contribution in [3.8, 4) is 0 Å². The zero-order valence-electron chi connectivity index (χ0n) is 12.9. The third-order valence-electron chi connectivity index (χ3n) is 4.14. The van der Waals surface area contributed by atoms with E-state index in [1.165, 1.54) is 5.56 Å². The van der Waals surface area contributed by atoms with E-state index in [-0.39, 0.29) is 0 Å². The molecule has 3 nitrogen and oxygen atoms in total. The first kappa shape index (κ1) is 16.3. The second-order valence-corrected chi connectivity index (χ2v) is 6.61. The minimum absolute atomic E-state index is 0.633. The van der Waals surface area contributed by atoms with Gasteiger partial charge in [-0.1, -0.05) is 59.6 Å². The molecule has 0 aliphatic carbocycles. The van der Waals surface area contributed by atoms with Crippen LogP contribution < -0.4 is 14.8 Å². The Morgan fingerprint density at radius 1 is 1.13 bits per heavy atom. The highest BCUT2D eigenvalue weighted by molar-refractivity contribution is 6.35. The molecule has 2 N–H and O–H groups in total. The molecule has 0 unspecified atom stereocenters. The molecule has 3 rings (SSSR count). The van der Waals surface area contributed by atoms with Crippen molar-refractivity contribution in [1.29, 1.82) is 0 Å².